The Hall–Kier alpha value is -0.610. The molecule has 1 saturated carbocycles. The lowest BCUT2D eigenvalue weighted by Crippen LogP contribution is -2.53. The molecule has 4 heteroatoms. The van der Waals surface area contributed by atoms with Crippen molar-refractivity contribution in [3.63, 3.8) is 0 Å². The third kappa shape index (κ3) is 2.45. The third-order valence-corrected chi connectivity index (χ3v) is 2.64. The predicted octanol–water partition coefficient (Wildman–Crippen LogP) is 0.131. The van der Waals surface area contributed by atoms with E-state index in [2.05, 4.69) is 0 Å². The topological polar surface area (TPSA) is 60.8 Å². The van der Waals surface area contributed by atoms with Crippen LogP contribution in [0.15, 0.2) is 0 Å². The molecule has 0 unspecified atom stereocenters. The minimum atomic E-state index is -1.33. The molecule has 4 nitrogen and oxygen atoms in total. The SMILES string of the molecule is CC(C)(O)C(=O)N(CCO)C1CCC1. The molecule has 0 atom stereocenters. The molecule has 0 spiro atoms. The molecule has 1 fully saturated rings. The molecule has 0 aromatic rings. The van der Waals surface area contributed by atoms with E-state index in [0.717, 1.165) is 19.3 Å². The smallest absolute Gasteiger partial charge is 0.254 e. The van der Waals surface area contributed by atoms with Crippen LogP contribution in [0, 0.1) is 0 Å². The zero-order valence-electron chi connectivity index (χ0n) is 8.86. The summed E-state index contributed by atoms with van der Waals surface area (Å²) in [4.78, 5) is 13.4. The van der Waals surface area contributed by atoms with Gasteiger partial charge in [0.05, 0.1) is 6.61 Å². The minimum Gasteiger partial charge on any atom is -0.395 e. The monoisotopic (exact) mass is 201 g/mol. The molecule has 82 valence electrons. The van der Waals surface area contributed by atoms with Gasteiger partial charge in [0.2, 0.25) is 0 Å². The van der Waals surface area contributed by atoms with Crippen LogP contribution in [0.3, 0.4) is 0 Å². The van der Waals surface area contributed by atoms with E-state index in [1.807, 2.05) is 0 Å². The predicted molar refractivity (Wildman–Crippen MR) is 52.7 cm³/mol. The molecule has 0 radical (unpaired) electrons. The van der Waals surface area contributed by atoms with Crippen molar-refractivity contribution in [1.82, 2.24) is 4.90 Å². The van der Waals surface area contributed by atoms with E-state index in [1.54, 1.807) is 4.90 Å². The van der Waals surface area contributed by atoms with Gasteiger partial charge >= 0.3 is 0 Å². The van der Waals surface area contributed by atoms with Gasteiger partial charge in [0, 0.05) is 12.6 Å². The van der Waals surface area contributed by atoms with E-state index < -0.39 is 5.60 Å². The molecule has 0 aromatic heterocycles. The van der Waals surface area contributed by atoms with Gasteiger partial charge in [-0.1, -0.05) is 0 Å². The van der Waals surface area contributed by atoms with E-state index in [0.29, 0.717) is 6.54 Å². The van der Waals surface area contributed by atoms with Gasteiger partial charge in [-0.05, 0) is 33.1 Å². The van der Waals surface area contributed by atoms with Crippen molar-refractivity contribution in [2.45, 2.75) is 44.8 Å². The number of aliphatic hydroxyl groups is 2. The number of rotatable bonds is 4. The van der Waals surface area contributed by atoms with Crippen molar-refractivity contribution in [1.29, 1.82) is 0 Å². The average Bonchev–Trinajstić information content (AvgIpc) is 1.97. The highest BCUT2D eigenvalue weighted by Gasteiger charge is 2.35. The van der Waals surface area contributed by atoms with Crippen LogP contribution in [0.25, 0.3) is 0 Å². The first-order chi connectivity index (χ1) is 6.46. The number of aliphatic hydroxyl groups excluding tert-OH is 1. The summed E-state index contributed by atoms with van der Waals surface area (Å²) >= 11 is 0. The van der Waals surface area contributed by atoms with Crippen LogP contribution in [0.1, 0.15) is 33.1 Å². The van der Waals surface area contributed by atoms with Crippen LogP contribution >= 0.6 is 0 Å². The van der Waals surface area contributed by atoms with E-state index >= 15 is 0 Å². The van der Waals surface area contributed by atoms with Crippen LogP contribution in [0.4, 0.5) is 0 Å². The summed E-state index contributed by atoms with van der Waals surface area (Å²) in [6, 6.07) is 0.223. The van der Waals surface area contributed by atoms with Crippen LogP contribution in [-0.2, 0) is 4.79 Å². The quantitative estimate of drug-likeness (QED) is 0.679. The normalized spacial score (nSPS) is 17.7. The molecule has 0 heterocycles. The van der Waals surface area contributed by atoms with Gasteiger partial charge < -0.3 is 15.1 Å². The summed E-state index contributed by atoms with van der Waals surface area (Å²) in [6.07, 6.45) is 3.11. The molecular formula is C10H19NO3. The highest BCUT2D eigenvalue weighted by molar-refractivity contribution is 5.84. The summed E-state index contributed by atoms with van der Waals surface area (Å²) < 4.78 is 0. The van der Waals surface area contributed by atoms with Crippen LogP contribution in [0.2, 0.25) is 0 Å². The molecule has 1 aliphatic carbocycles. The lowest BCUT2D eigenvalue weighted by Gasteiger charge is -2.39. The van der Waals surface area contributed by atoms with Crippen LogP contribution in [0.5, 0.6) is 0 Å². The van der Waals surface area contributed by atoms with Gasteiger partial charge in [-0.2, -0.15) is 0 Å². The summed E-state index contributed by atoms with van der Waals surface area (Å²) in [5.74, 6) is -0.281. The maximum Gasteiger partial charge on any atom is 0.254 e. The zero-order valence-corrected chi connectivity index (χ0v) is 8.86. The highest BCUT2D eigenvalue weighted by Crippen LogP contribution is 2.26. The van der Waals surface area contributed by atoms with Gasteiger partial charge in [0.25, 0.3) is 5.91 Å². The molecule has 0 aliphatic heterocycles. The number of amides is 1. The molecule has 1 aliphatic rings. The fourth-order valence-corrected chi connectivity index (χ4v) is 1.61. The summed E-state index contributed by atoms with van der Waals surface area (Å²) in [6.45, 7) is 3.25. The Balaban J connectivity index is 2.61. The van der Waals surface area contributed by atoms with Crippen molar-refractivity contribution in [2.75, 3.05) is 13.2 Å². The van der Waals surface area contributed by atoms with Crippen molar-refractivity contribution in [3.05, 3.63) is 0 Å². The Morgan fingerprint density at radius 3 is 2.36 bits per heavy atom. The molecule has 0 saturated heterocycles. The standard InChI is InChI=1S/C10H19NO3/c1-10(2,14)9(13)11(6-7-12)8-4-3-5-8/h8,12,14H,3-7H2,1-2H3. The molecule has 1 rings (SSSR count). The van der Waals surface area contributed by atoms with E-state index in [4.69, 9.17) is 5.11 Å². The number of carbonyl (C=O) groups is 1. The maximum atomic E-state index is 11.8. The summed E-state index contributed by atoms with van der Waals surface area (Å²) in [7, 11) is 0. The lowest BCUT2D eigenvalue weighted by atomic mass is 9.90. The maximum absolute atomic E-state index is 11.8. The molecule has 2 N–H and O–H groups in total. The molecule has 0 aromatic carbocycles. The van der Waals surface area contributed by atoms with Crippen molar-refractivity contribution in [3.8, 4) is 0 Å². The van der Waals surface area contributed by atoms with Gasteiger partial charge in [0.1, 0.15) is 5.60 Å². The molecule has 14 heavy (non-hydrogen) atoms. The second kappa shape index (κ2) is 4.28. The van der Waals surface area contributed by atoms with E-state index in [1.165, 1.54) is 13.8 Å². The number of nitrogens with zero attached hydrogens (tertiary/aromatic N) is 1. The summed E-state index contributed by atoms with van der Waals surface area (Å²) in [5, 5.41) is 18.4. The Kier molecular flexibility index (Phi) is 3.50. The third-order valence-electron chi connectivity index (χ3n) is 2.64. The van der Waals surface area contributed by atoms with E-state index in [-0.39, 0.29) is 18.6 Å². The van der Waals surface area contributed by atoms with Gasteiger partial charge in [-0.3, -0.25) is 4.79 Å². The van der Waals surface area contributed by atoms with Gasteiger partial charge in [-0.15, -0.1) is 0 Å². The number of hydrogen-bond donors (Lipinski definition) is 2. The van der Waals surface area contributed by atoms with Crippen LogP contribution in [-0.4, -0.2) is 45.8 Å². The number of carbonyl (C=O) groups excluding carboxylic acids is 1. The average molecular weight is 201 g/mol. The molecular weight excluding hydrogens is 182 g/mol. The Morgan fingerprint density at radius 2 is 2.07 bits per heavy atom. The highest BCUT2D eigenvalue weighted by atomic mass is 16.3. The second-order valence-corrected chi connectivity index (χ2v) is 4.37. The fourth-order valence-electron chi connectivity index (χ4n) is 1.61. The Morgan fingerprint density at radius 1 is 1.50 bits per heavy atom. The Labute approximate surface area is 84.5 Å². The largest absolute Gasteiger partial charge is 0.395 e. The van der Waals surface area contributed by atoms with E-state index in [9.17, 15) is 9.90 Å². The van der Waals surface area contributed by atoms with Crippen molar-refractivity contribution < 1.29 is 15.0 Å². The molecule has 0 bridgehead atoms. The fraction of sp³-hybridized carbons (Fsp3) is 0.900. The first-order valence-electron chi connectivity index (χ1n) is 5.11. The van der Waals surface area contributed by atoms with Gasteiger partial charge in [0.15, 0.2) is 0 Å². The zero-order chi connectivity index (χ0) is 10.8. The first-order valence-corrected chi connectivity index (χ1v) is 5.11. The second-order valence-electron chi connectivity index (χ2n) is 4.37. The molecule has 1 amide bonds. The van der Waals surface area contributed by atoms with Gasteiger partial charge in [-0.25, -0.2) is 0 Å². The Bertz CT molecular complexity index is 206. The number of hydrogen-bond acceptors (Lipinski definition) is 3. The first kappa shape index (κ1) is 11.5. The lowest BCUT2D eigenvalue weighted by molar-refractivity contribution is -0.152. The van der Waals surface area contributed by atoms with Crippen molar-refractivity contribution in [2.24, 2.45) is 0 Å². The van der Waals surface area contributed by atoms with Crippen molar-refractivity contribution >= 4 is 5.91 Å². The van der Waals surface area contributed by atoms with Crippen LogP contribution < -0.4 is 0 Å². The summed E-state index contributed by atoms with van der Waals surface area (Å²) in [5.41, 5.74) is -1.33. The minimum absolute atomic E-state index is 0.0433.